The fraction of sp³-hybridized carbons (Fsp3) is 0.440. The molecule has 30 heavy (non-hydrogen) atoms. The van der Waals surface area contributed by atoms with Crippen LogP contribution >= 0.6 is 15.9 Å². The molecular weight excluding hydrogens is 440 g/mol. The molecule has 3 rings (SSSR count). The van der Waals surface area contributed by atoms with Crippen molar-refractivity contribution in [3.8, 4) is 11.3 Å². The molecule has 0 bridgehead atoms. The summed E-state index contributed by atoms with van der Waals surface area (Å²) in [6.07, 6.45) is 2.45. The summed E-state index contributed by atoms with van der Waals surface area (Å²) >= 11 is 3.64. The molecular formula is C25H31BrN2O2. The molecule has 2 aromatic heterocycles. The Labute approximate surface area is 187 Å². The van der Waals surface area contributed by atoms with Gasteiger partial charge in [0, 0.05) is 33.7 Å². The van der Waals surface area contributed by atoms with Crippen LogP contribution in [0, 0.1) is 5.41 Å². The monoisotopic (exact) mass is 470 g/mol. The van der Waals surface area contributed by atoms with Crippen molar-refractivity contribution in [1.82, 2.24) is 9.55 Å². The highest BCUT2D eigenvalue weighted by atomic mass is 79.9. The quantitative estimate of drug-likeness (QED) is 0.359. The molecule has 0 amide bonds. The molecule has 0 fully saturated rings. The van der Waals surface area contributed by atoms with Gasteiger partial charge in [-0.15, -0.1) is 0 Å². The minimum Gasteiger partial charge on any atom is -0.466 e. The standard InChI is InChI=1S/C25H31BrN2O2/c1-7-28-21-12-11-17(26)14-19(21)20(15-25(5,6)24(29)30-8-2)23(28)18-10-9-13-27-22(18)16(3)4/h9-14,16H,7-8,15H2,1-6H3. The number of fused-ring (bicyclic) bond motifs is 1. The number of ether oxygens (including phenoxy) is 1. The summed E-state index contributed by atoms with van der Waals surface area (Å²) in [5, 5.41) is 1.16. The number of carbonyl (C=O) groups is 1. The Bertz CT molecular complexity index is 1070. The van der Waals surface area contributed by atoms with Crippen LogP contribution in [0.2, 0.25) is 0 Å². The van der Waals surface area contributed by atoms with E-state index in [9.17, 15) is 4.79 Å². The Morgan fingerprint density at radius 1 is 1.23 bits per heavy atom. The van der Waals surface area contributed by atoms with Gasteiger partial charge in [0.1, 0.15) is 0 Å². The first kappa shape index (κ1) is 22.5. The Kier molecular flexibility index (Phi) is 6.71. The van der Waals surface area contributed by atoms with Crippen molar-refractivity contribution in [2.75, 3.05) is 6.61 Å². The van der Waals surface area contributed by atoms with Gasteiger partial charge in [0.2, 0.25) is 0 Å². The SMILES string of the molecule is CCOC(=O)C(C)(C)Cc1c(-c2cccnc2C(C)C)n(CC)c2ccc(Br)cc12. The second kappa shape index (κ2) is 8.93. The predicted molar refractivity (Wildman–Crippen MR) is 127 cm³/mol. The Morgan fingerprint density at radius 3 is 2.60 bits per heavy atom. The van der Waals surface area contributed by atoms with E-state index in [1.807, 2.05) is 33.0 Å². The van der Waals surface area contributed by atoms with Crippen molar-refractivity contribution >= 4 is 32.8 Å². The van der Waals surface area contributed by atoms with Gasteiger partial charge >= 0.3 is 5.97 Å². The lowest BCUT2D eigenvalue weighted by Gasteiger charge is -2.24. The molecule has 1 aromatic carbocycles. The van der Waals surface area contributed by atoms with E-state index in [-0.39, 0.29) is 5.97 Å². The number of carbonyl (C=O) groups excluding carboxylic acids is 1. The lowest BCUT2D eigenvalue weighted by molar-refractivity contribution is -0.153. The van der Waals surface area contributed by atoms with E-state index in [0.29, 0.717) is 18.9 Å². The van der Waals surface area contributed by atoms with Gasteiger partial charge in [-0.25, -0.2) is 0 Å². The molecule has 0 saturated carbocycles. The van der Waals surface area contributed by atoms with Crippen LogP contribution in [0.25, 0.3) is 22.2 Å². The van der Waals surface area contributed by atoms with Gasteiger partial charge in [0.15, 0.2) is 0 Å². The van der Waals surface area contributed by atoms with E-state index in [1.54, 1.807) is 0 Å². The van der Waals surface area contributed by atoms with Crippen LogP contribution in [0.5, 0.6) is 0 Å². The average Bonchev–Trinajstić information content (AvgIpc) is 3.00. The van der Waals surface area contributed by atoms with Crippen molar-refractivity contribution < 1.29 is 9.53 Å². The number of hydrogen-bond acceptors (Lipinski definition) is 3. The maximum absolute atomic E-state index is 12.7. The van der Waals surface area contributed by atoms with Crippen molar-refractivity contribution in [3.63, 3.8) is 0 Å². The highest BCUT2D eigenvalue weighted by Crippen LogP contribution is 2.41. The van der Waals surface area contributed by atoms with Crippen molar-refractivity contribution in [2.45, 2.75) is 60.4 Å². The average molecular weight is 471 g/mol. The van der Waals surface area contributed by atoms with Gasteiger partial charge in [0.25, 0.3) is 0 Å². The molecule has 2 heterocycles. The lowest BCUT2D eigenvalue weighted by atomic mass is 9.83. The number of aromatic nitrogens is 2. The summed E-state index contributed by atoms with van der Waals surface area (Å²) in [5.74, 6) is 0.126. The van der Waals surface area contributed by atoms with Crippen molar-refractivity contribution in [2.24, 2.45) is 5.41 Å². The summed E-state index contributed by atoms with van der Waals surface area (Å²) < 4.78 is 8.76. The van der Waals surface area contributed by atoms with Crippen LogP contribution in [0.1, 0.15) is 58.7 Å². The summed E-state index contributed by atoms with van der Waals surface area (Å²) in [6, 6.07) is 10.5. The van der Waals surface area contributed by atoms with Crippen LogP contribution in [-0.2, 0) is 22.5 Å². The maximum Gasteiger partial charge on any atom is 0.311 e. The van der Waals surface area contributed by atoms with Gasteiger partial charge in [-0.3, -0.25) is 9.78 Å². The van der Waals surface area contributed by atoms with E-state index in [1.165, 1.54) is 11.1 Å². The molecule has 0 aliphatic carbocycles. The van der Waals surface area contributed by atoms with E-state index in [0.717, 1.165) is 33.4 Å². The third-order valence-corrected chi connectivity index (χ3v) is 6.03. The molecule has 0 saturated heterocycles. The third-order valence-electron chi connectivity index (χ3n) is 5.53. The van der Waals surface area contributed by atoms with Gasteiger partial charge in [-0.05, 0) is 75.9 Å². The molecule has 4 nitrogen and oxygen atoms in total. The number of pyridine rings is 1. The summed E-state index contributed by atoms with van der Waals surface area (Å²) in [4.78, 5) is 17.4. The van der Waals surface area contributed by atoms with Crippen LogP contribution in [0.3, 0.4) is 0 Å². The topological polar surface area (TPSA) is 44.1 Å². The summed E-state index contributed by atoms with van der Waals surface area (Å²) in [7, 11) is 0. The smallest absolute Gasteiger partial charge is 0.311 e. The molecule has 5 heteroatoms. The Hall–Kier alpha value is -2.14. The maximum atomic E-state index is 12.7. The Balaban J connectivity index is 2.34. The van der Waals surface area contributed by atoms with E-state index < -0.39 is 5.41 Å². The second-order valence-corrected chi connectivity index (χ2v) is 9.52. The van der Waals surface area contributed by atoms with Crippen LogP contribution < -0.4 is 0 Å². The molecule has 0 aliphatic rings. The van der Waals surface area contributed by atoms with Gasteiger partial charge < -0.3 is 9.30 Å². The lowest BCUT2D eigenvalue weighted by Crippen LogP contribution is -2.29. The molecule has 0 unspecified atom stereocenters. The number of nitrogens with zero attached hydrogens (tertiary/aromatic N) is 2. The summed E-state index contributed by atoms with van der Waals surface area (Å²) in [6.45, 7) is 13.5. The molecule has 3 aromatic rings. The number of hydrogen-bond donors (Lipinski definition) is 0. The molecule has 160 valence electrons. The zero-order chi connectivity index (χ0) is 22.1. The van der Waals surface area contributed by atoms with Crippen molar-refractivity contribution in [3.05, 3.63) is 52.3 Å². The van der Waals surface area contributed by atoms with E-state index >= 15 is 0 Å². The Morgan fingerprint density at radius 2 is 1.97 bits per heavy atom. The number of rotatable bonds is 7. The fourth-order valence-electron chi connectivity index (χ4n) is 4.13. The van der Waals surface area contributed by atoms with Crippen LogP contribution in [-0.4, -0.2) is 22.1 Å². The van der Waals surface area contributed by atoms with E-state index in [2.05, 4.69) is 65.5 Å². The van der Waals surface area contributed by atoms with Crippen molar-refractivity contribution in [1.29, 1.82) is 0 Å². The zero-order valence-electron chi connectivity index (χ0n) is 18.8. The van der Waals surface area contributed by atoms with E-state index in [4.69, 9.17) is 9.72 Å². The first-order chi connectivity index (χ1) is 14.2. The normalized spacial score (nSPS) is 12.0. The fourth-order valence-corrected chi connectivity index (χ4v) is 4.49. The zero-order valence-corrected chi connectivity index (χ0v) is 20.3. The predicted octanol–water partition coefficient (Wildman–Crippen LogP) is 6.74. The minimum absolute atomic E-state index is 0.168. The number of benzene rings is 1. The van der Waals surface area contributed by atoms with Gasteiger partial charge in [-0.2, -0.15) is 0 Å². The molecule has 0 atom stereocenters. The van der Waals surface area contributed by atoms with Crippen LogP contribution in [0.15, 0.2) is 41.0 Å². The second-order valence-electron chi connectivity index (χ2n) is 8.60. The first-order valence-corrected chi connectivity index (χ1v) is 11.4. The minimum atomic E-state index is -0.639. The molecule has 0 spiro atoms. The number of esters is 1. The summed E-state index contributed by atoms with van der Waals surface area (Å²) in [5.41, 5.74) is 5.06. The van der Waals surface area contributed by atoms with Crippen LogP contribution in [0.4, 0.5) is 0 Å². The molecule has 0 aliphatic heterocycles. The highest BCUT2D eigenvalue weighted by Gasteiger charge is 2.33. The van der Waals surface area contributed by atoms with Gasteiger partial charge in [-0.1, -0.05) is 29.8 Å². The first-order valence-electron chi connectivity index (χ1n) is 10.6. The number of aryl methyl sites for hydroxylation is 1. The highest BCUT2D eigenvalue weighted by molar-refractivity contribution is 9.10. The molecule has 0 radical (unpaired) electrons. The van der Waals surface area contributed by atoms with Gasteiger partial charge in [0.05, 0.1) is 23.4 Å². The number of halogens is 1. The molecule has 0 N–H and O–H groups in total. The largest absolute Gasteiger partial charge is 0.466 e. The third kappa shape index (κ3) is 4.18.